The van der Waals surface area contributed by atoms with Gasteiger partial charge >= 0.3 is 0 Å². The highest BCUT2D eigenvalue weighted by Gasteiger charge is 2.25. The number of carbonyl (C=O) groups excluding carboxylic acids is 1. The van der Waals surface area contributed by atoms with Crippen molar-refractivity contribution < 1.29 is 4.79 Å². The molecule has 6 nitrogen and oxygen atoms in total. The molecule has 0 radical (unpaired) electrons. The molecule has 1 atom stereocenters. The zero-order chi connectivity index (χ0) is 17.9. The number of nitrogens with zero attached hydrogens (tertiary/aromatic N) is 5. The van der Waals surface area contributed by atoms with Crippen LogP contribution in [0.5, 0.6) is 0 Å². The largest absolute Gasteiger partial charge is 0.338 e. The van der Waals surface area contributed by atoms with Gasteiger partial charge in [-0.15, -0.1) is 11.3 Å². The first-order valence-corrected chi connectivity index (χ1v) is 9.70. The smallest absolute Gasteiger partial charge is 0.263 e. The molecule has 1 amide bonds. The molecule has 0 saturated carbocycles. The third kappa shape index (κ3) is 3.53. The van der Waals surface area contributed by atoms with Crippen LogP contribution in [0.2, 0.25) is 0 Å². The van der Waals surface area contributed by atoms with Crippen molar-refractivity contribution in [3.05, 3.63) is 52.9 Å². The van der Waals surface area contributed by atoms with Crippen molar-refractivity contribution in [1.29, 1.82) is 0 Å². The number of amides is 1. The molecule has 0 aromatic carbocycles. The summed E-state index contributed by atoms with van der Waals surface area (Å²) in [6.45, 7) is 1.63. The van der Waals surface area contributed by atoms with Crippen LogP contribution in [-0.2, 0) is 13.5 Å². The first kappa shape index (κ1) is 16.9. The molecule has 134 valence electrons. The third-order valence-electron chi connectivity index (χ3n) is 4.81. The lowest BCUT2D eigenvalue weighted by molar-refractivity contribution is 0.0677. The zero-order valence-electron chi connectivity index (χ0n) is 14.7. The van der Waals surface area contributed by atoms with Crippen LogP contribution >= 0.6 is 11.3 Å². The second kappa shape index (κ2) is 7.37. The number of thiophene rings is 1. The van der Waals surface area contributed by atoms with Crippen molar-refractivity contribution in [1.82, 2.24) is 24.4 Å². The van der Waals surface area contributed by atoms with Crippen molar-refractivity contribution in [2.75, 3.05) is 13.1 Å². The summed E-state index contributed by atoms with van der Waals surface area (Å²) in [5.41, 5.74) is 1.85. The van der Waals surface area contributed by atoms with E-state index in [9.17, 15) is 4.79 Å². The number of carbonyl (C=O) groups is 1. The molecule has 1 saturated heterocycles. The van der Waals surface area contributed by atoms with Crippen molar-refractivity contribution in [2.45, 2.75) is 19.3 Å². The van der Waals surface area contributed by atoms with Gasteiger partial charge in [0.25, 0.3) is 5.91 Å². The van der Waals surface area contributed by atoms with Gasteiger partial charge in [0.15, 0.2) is 5.82 Å². The molecule has 7 heteroatoms. The number of likely N-dealkylation sites (tertiary alicyclic amines) is 1. The maximum atomic E-state index is 12.6. The van der Waals surface area contributed by atoms with Crippen molar-refractivity contribution in [2.24, 2.45) is 13.0 Å². The highest BCUT2D eigenvalue weighted by atomic mass is 32.1. The Labute approximate surface area is 156 Å². The quantitative estimate of drug-likeness (QED) is 0.711. The summed E-state index contributed by atoms with van der Waals surface area (Å²) in [6.07, 6.45) is 8.30. The second-order valence-corrected chi connectivity index (χ2v) is 7.64. The van der Waals surface area contributed by atoms with Crippen LogP contribution < -0.4 is 0 Å². The molecule has 1 fully saturated rings. The Morgan fingerprint density at radius 1 is 1.35 bits per heavy atom. The maximum Gasteiger partial charge on any atom is 0.263 e. The summed E-state index contributed by atoms with van der Waals surface area (Å²) in [4.78, 5) is 28.6. The lowest BCUT2D eigenvalue weighted by Crippen LogP contribution is -2.40. The number of hydrogen-bond donors (Lipinski definition) is 0. The SMILES string of the molecule is Cn1ccnc1-c1cc(CC2CCCN(C(=O)c3cccs3)C2)ncn1. The zero-order valence-corrected chi connectivity index (χ0v) is 15.5. The van der Waals surface area contributed by atoms with Gasteiger partial charge in [0.1, 0.15) is 12.0 Å². The molecular weight excluding hydrogens is 346 g/mol. The van der Waals surface area contributed by atoms with Gasteiger partial charge in [0.2, 0.25) is 0 Å². The number of rotatable bonds is 4. The predicted molar refractivity (Wildman–Crippen MR) is 101 cm³/mol. The monoisotopic (exact) mass is 367 g/mol. The Morgan fingerprint density at radius 3 is 3.04 bits per heavy atom. The summed E-state index contributed by atoms with van der Waals surface area (Å²) in [6, 6.07) is 5.85. The van der Waals surface area contributed by atoms with Gasteiger partial charge in [-0.3, -0.25) is 4.79 Å². The highest BCUT2D eigenvalue weighted by molar-refractivity contribution is 7.12. The molecule has 26 heavy (non-hydrogen) atoms. The minimum atomic E-state index is 0.154. The van der Waals surface area contributed by atoms with E-state index in [0.29, 0.717) is 5.92 Å². The minimum Gasteiger partial charge on any atom is -0.338 e. The number of aromatic nitrogens is 4. The number of imidazole rings is 1. The lowest BCUT2D eigenvalue weighted by atomic mass is 9.93. The minimum absolute atomic E-state index is 0.154. The molecule has 1 aliphatic rings. The first-order chi connectivity index (χ1) is 12.7. The number of aryl methyl sites for hydroxylation is 1. The van der Waals surface area contributed by atoms with Crippen LogP contribution in [0.3, 0.4) is 0 Å². The Hall–Kier alpha value is -2.54. The van der Waals surface area contributed by atoms with Crippen LogP contribution in [0.15, 0.2) is 42.3 Å². The van der Waals surface area contributed by atoms with E-state index in [-0.39, 0.29) is 5.91 Å². The van der Waals surface area contributed by atoms with Gasteiger partial charge in [-0.1, -0.05) is 6.07 Å². The lowest BCUT2D eigenvalue weighted by Gasteiger charge is -2.32. The standard InChI is InChI=1S/C19H21N5OS/c1-23-8-6-20-18(23)16-11-15(21-13-22-16)10-14-4-2-7-24(12-14)19(25)17-5-3-9-26-17/h3,5-6,8-9,11,13-14H,2,4,7,10,12H2,1H3. The highest BCUT2D eigenvalue weighted by Crippen LogP contribution is 2.24. The molecule has 0 aliphatic carbocycles. The number of piperidine rings is 1. The molecular formula is C19H21N5OS. The second-order valence-electron chi connectivity index (χ2n) is 6.70. The van der Waals surface area contributed by atoms with Crippen molar-refractivity contribution >= 4 is 17.2 Å². The van der Waals surface area contributed by atoms with Crippen LogP contribution in [0, 0.1) is 5.92 Å². The van der Waals surface area contributed by atoms with Gasteiger partial charge in [-0.05, 0) is 42.7 Å². The van der Waals surface area contributed by atoms with Gasteiger partial charge in [0.05, 0.1) is 4.88 Å². The van der Waals surface area contributed by atoms with E-state index in [1.807, 2.05) is 46.3 Å². The summed E-state index contributed by atoms with van der Waals surface area (Å²) in [7, 11) is 1.96. The molecule has 1 aliphatic heterocycles. The van der Waals surface area contributed by atoms with E-state index >= 15 is 0 Å². The Morgan fingerprint density at radius 2 is 2.27 bits per heavy atom. The summed E-state index contributed by atoms with van der Waals surface area (Å²) >= 11 is 1.51. The Bertz CT molecular complexity index is 889. The van der Waals surface area contributed by atoms with Crippen LogP contribution in [-0.4, -0.2) is 43.4 Å². The van der Waals surface area contributed by atoms with Gasteiger partial charge in [-0.2, -0.15) is 0 Å². The van der Waals surface area contributed by atoms with E-state index < -0.39 is 0 Å². The fourth-order valence-electron chi connectivity index (χ4n) is 3.51. The fourth-order valence-corrected chi connectivity index (χ4v) is 4.20. The summed E-state index contributed by atoms with van der Waals surface area (Å²) < 4.78 is 1.95. The van der Waals surface area contributed by atoms with Gasteiger partial charge in [-0.25, -0.2) is 15.0 Å². The molecule has 1 unspecified atom stereocenters. The molecule has 4 rings (SSSR count). The topological polar surface area (TPSA) is 63.9 Å². The van der Waals surface area contributed by atoms with E-state index in [2.05, 4.69) is 15.0 Å². The van der Waals surface area contributed by atoms with Crippen LogP contribution in [0.4, 0.5) is 0 Å². The Kier molecular flexibility index (Phi) is 4.79. The normalized spacial score (nSPS) is 17.4. The molecule has 0 bridgehead atoms. The number of hydrogen-bond acceptors (Lipinski definition) is 5. The summed E-state index contributed by atoms with van der Waals surface area (Å²) in [5.74, 6) is 1.42. The third-order valence-corrected chi connectivity index (χ3v) is 5.67. The average Bonchev–Trinajstić information content (AvgIpc) is 3.33. The van der Waals surface area contributed by atoms with E-state index in [1.54, 1.807) is 12.5 Å². The van der Waals surface area contributed by atoms with E-state index in [1.165, 1.54) is 11.3 Å². The van der Waals surface area contributed by atoms with Crippen molar-refractivity contribution in [3.8, 4) is 11.5 Å². The van der Waals surface area contributed by atoms with Gasteiger partial charge < -0.3 is 9.47 Å². The molecule has 3 aromatic heterocycles. The fraction of sp³-hybridized carbons (Fsp3) is 0.368. The average molecular weight is 367 g/mol. The molecule has 0 spiro atoms. The molecule has 3 aromatic rings. The van der Waals surface area contributed by atoms with Crippen LogP contribution in [0.1, 0.15) is 28.2 Å². The summed E-state index contributed by atoms with van der Waals surface area (Å²) in [5, 5.41) is 1.95. The molecule has 0 N–H and O–H groups in total. The maximum absolute atomic E-state index is 12.6. The predicted octanol–water partition coefficient (Wildman–Crippen LogP) is 3.03. The molecule has 4 heterocycles. The van der Waals surface area contributed by atoms with Crippen LogP contribution in [0.25, 0.3) is 11.5 Å². The van der Waals surface area contributed by atoms with Crippen molar-refractivity contribution in [3.63, 3.8) is 0 Å². The van der Waals surface area contributed by atoms with E-state index in [4.69, 9.17) is 0 Å². The first-order valence-electron chi connectivity index (χ1n) is 8.82. The van der Waals surface area contributed by atoms with E-state index in [0.717, 1.165) is 54.4 Å². The van der Waals surface area contributed by atoms with Gasteiger partial charge in [0, 0.05) is 38.2 Å². The Balaban J connectivity index is 1.46.